The van der Waals surface area contributed by atoms with Crippen LogP contribution >= 0.6 is 0 Å². The Hall–Kier alpha value is -1.95. The number of hydrogen-bond acceptors (Lipinski definition) is 4. The highest BCUT2D eigenvalue weighted by Crippen LogP contribution is 2.20. The number of ether oxygens (including phenoxy) is 1. The molecule has 1 aromatic rings. The molecule has 0 aromatic heterocycles. The minimum atomic E-state index is -0.440. The van der Waals surface area contributed by atoms with E-state index in [0.717, 1.165) is 0 Å². The molecule has 1 aliphatic heterocycles. The van der Waals surface area contributed by atoms with E-state index < -0.39 is 4.92 Å². The van der Waals surface area contributed by atoms with Crippen molar-refractivity contribution in [3.05, 3.63) is 39.9 Å². The topological polar surface area (TPSA) is 72.7 Å². The number of para-hydroxylation sites is 1. The maximum Gasteiger partial charge on any atom is 0.274 e. The minimum Gasteiger partial charge on any atom is -0.360 e. The molecule has 0 spiro atoms. The molecule has 1 aliphatic rings. The Morgan fingerprint density at radius 1 is 1.41 bits per heavy atom. The van der Waals surface area contributed by atoms with Gasteiger partial charge in [0.2, 0.25) is 5.91 Å². The van der Waals surface area contributed by atoms with E-state index in [4.69, 9.17) is 4.74 Å². The zero-order valence-corrected chi connectivity index (χ0v) is 9.17. The van der Waals surface area contributed by atoms with Crippen LogP contribution in [0, 0.1) is 10.1 Å². The van der Waals surface area contributed by atoms with Crippen LogP contribution in [0.2, 0.25) is 0 Å². The van der Waals surface area contributed by atoms with Gasteiger partial charge in [-0.2, -0.15) is 0 Å². The fraction of sp³-hybridized carbons (Fsp3) is 0.364. The first-order valence-electron chi connectivity index (χ1n) is 5.26. The number of rotatable bonds is 3. The summed E-state index contributed by atoms with van der Waals surface area (Å²) in [5.41, 5.74) is 0.558. The third-order valence-electron chi connectivity index (χ3n) is 2.61. The SMILES string of the molecule is O=C1CCOCN1Cc1ccccc1[N+](=O)[O-]. The van der Waals surface area contributed by atoms with Crippen LogP contribution in [-0.4, -0.2) is 29.1 Å². The summed E-state index contributed by atoms with van der Waals surface area (Å²) < 4.78 is 5.16. The van der Waals surface area contributed by atoms with E-state index >= 15 is 0 Å². The second-order valence-corrected chi connectivity index (χ2v) is 3.76. The molecule has 1 saturated heterocycles. The Morgan fingerprint density at radius 2 is 2.18 bits per heavy atom. The molecule has 0 unspecified atom stereocenters. The Labute approximate surface area is 97.9 Å². The molecule has 17 heavy (non-hydrogen) atoms. The summed E-state index contributed by atoms with van der Waals surface area (Å²) in [6, 6.07) is 6.42. The van der Waals surface area contributed by atoms with Gasteiger partial charge in [0.05, 0.1) is 24.5 Å². The average Bonchev–Trinajstić information content (AvgIpc) is 2.32. The van der Waals surface area contributed by atoms with Crippen molar-refractivity contribution in [3.8, 4) is 0 Å². The van der Waals surface area contributed by atoms with Crippen molar-refractivity contribution < 1.29 is 14.5 Å². The van der Waals surface area contributed by atoms with Crippen molar-refractivity contribution in [2.75, 3.05) is 13.3 Å². The zero-order chi connectivity index (χ0) is 12.3. The summed E-state index contributed by atoms with van der Waals surface area (Å²) in [5.74, 6) is -0.0330. The van der Waals surface area contributed by atoms with Crippen LogP contribution in [0.15, 0.2) is 24.3 Å². The molecular weight excluding hydrogens is 224 g/mol. The van der Waals surface area contributed by atoms with E-state index in [1.807, 2.05) is 0 Å². The molecule has 0 saturated carbocycles. The third kappa shape index (κ3) is 2.59. The highest BCUT2D eigenvalue weighted by molar-refractivity contribution is 5.76. The number of nitrogens with zero attached hydrogens (tertiary/aromatic N) is 2. The van der Waals surface area contributed by atoms with Crippen LogP contribution in [-0.2, 0) is 16.1 Å². The zero-order valence-electron chi connectivity index (χ0n) is 9.17. The molecule has 90 valence electrons. The summed E-state index contributed by atoms with van der Waals surface area (Å²) >= 11 is 0. The molecule has 1 fully saturated rings. The molecule has 6 heteroatoms. The van der Waals surface area contributed by atoms with Gasteiger partial charge in [0, 0.05) is 11.6 Å². The van der Waals surface area contributed by atoms with Gasteiger partial charge in [-0.1, -0.05) is 18.2 Å². The van der Waals surface area contributed by atoms with E-state index in [1.165, 1.54) is 11.0 Å². The second-order valence-electron chi connectivity index (χ2n) is 3.76. The Balaban J connectivity index is 2.17. The number of carbonyl (C=O) groups is 1. The molecule has 0 atom stereocenters. The van der Waals surface area contributed by atoms with Crippen LogP contribution < -0.4 is 0 Å². The number of nitro benzene ring substituents is 1. The fourth-order valence-electron chi connectivity index (χ4n) is 1.73. The Bertz CT molecular complexity index is 447. The first-order chi connectivity index (χ1) is 8.18. The van der Waals surface area contributed by atoms with E-state index in [0.29, 0.717) is 18.6 Å². The molecule has 1 heterocycles. The lowest BCUT2D eigenvalue weighted by Crippen LogP contribution is -2.37. The molecule has 0 bridgehead atoms. The van der Waals surface area contributed by atoms with Crippen LogP contribution in [0.1, 0.15) is 12.0 Å². The van der Waals surface area contributed by atoms with Crippen LogP contribution in [0.4, 0.5) is 5.69 Å². The normalized spacial score (nSPS) is 16.0. The Morgan fingerprint density at radius 3 is 2.88 bits per heavy atom. The molecule has 0 radical (unpaired) electrons. The molecule has 1 aromatic carbocycles. The van der Waals surface area contributed by atoms with Gasteiger partial charge in [0.1, 0.15) is 6.73 Å². The first-order valence-corrected chi connectivity index (χ1v) is 5.26. The lowest BCUT2D eigenvalue weighted by molar-refractivity contribution is -0.385. The number of hydrogen-bond donors (Lipinski definition) is 0. The summed E-state index contributed by atoms with van der Waals surface area (Å²) in [6.07, 6.45) is 0.334. The lowest BCUT2D eigenvalue weighted by atomic mass is 10.1. The largest absolute Gasteiger partial charge is 0.360 e. The average molecular weight is 236 g/mol. The van der Waals surface area contributed by atoms with Gasteiger partial charge < -0.3 is 9.64 Å². The van der Waals surface area contributed by atoms with Crippen LogP contribution in [0.3, 0.4) is 0 Å². The highest BCUT2D eigenvalue weighted by atomic mass is 16.6. The summed E-state index contributed by atoms with van der Waals surface area (Å²) in [5, 5.41) is 10.8. The quantitative estimate of drug-likeness (QED) is 0.585. The van der Waals surface area contributed by atoms with E-state index in [1.54, 1.807) is 18.2 Å². The van der Waals surface area contributed by atoms with Gasteiger partial charge in [-0.15, -0.1) is 0 Å². The standard InChI is InChI=1S/C11H12N2O4/c14-11-5-6-17-8-12(11)7-9-3-1-2-4-10(9)13(15)16/h1-4H,5-8H2. The smallest absolute Gasteiger partial charge is 0.274 e. The molecule has 2 rings (SSSR count). The summed E-state index contributed by atoms with van der Waals surface area (Å²) in [4.78, 5) is 23.4. The van der Waals surface area contributed by atoms with Crippen LogP contribution in [0.5, 0.6) is 0 Å². The molecule has 6 nitrogen and oxygen atoms in total. The van der Waals surface area contributed by atoms with E-state index in [2.05, 4.69) is 0 Å². The molecular formula is C11H12N2O4. The van der Waals surface area contributed by atoms with Crippen molar-refractivity contribution in [2.45, 2.75) is 13.0 Å². The predicted octanol–water partition coefficient (Wildman–Crippen LogP) is 1.30. The third-order valence-corrected chi connectivity index (χ3v) is 2.61. The van der Waals surface area contributed by atoms with Gasteiger partial charge >= 0.3 is 0 Å². The van der Waals surface area contributed by atoms with Crippen molar-refractivity contribution in [2.24, 2.45) is 0 Å². The Kier molecular flexibility index (Phi) is 3.34. The molecule has 0 aliphatic carbocycles. The van der Waals surface area contributed by atoms with Crippen LogP contribution in [0.25, 0.3) is 0 Å². The maximum atomic E-state index is 11.6. The monoisotopic (exact) mass is 236 g/mol. The van der Waals surface area contributed by atoms with E-state index in [9.17, 15) is 14.9 Å². The fourth-order valence-corrected chi connectivity index (χ4v) is 1.73. The number of carbonyl (C=O) groups excluding carboxylic acids is 1. The van der Waals surface area contributed by atoms with Gasteiger partial charge in [-0.05, 0) is 0 Å². The van der Waals surface area contributed by atoms with Crippen molar-refractivity contribution in [1.29, 1.82) is 0 Å². The number of amides is 1. The molecule has 0 N–H and O–H groups in total. The van der Waals surface area contributed by atoms with Gasteiger partial charge in [0.15, 0.2) is 0 Å². The number of nitro groups is 1. The van der Waals surface area contributed by atoms with Gasteiger partial charge in [-0.3, -0.25) is 14.9 Å². The highest BCUT2D eigenvalue weighted by Gasteiger charge is 2.22. The van der Waals surface area contributed by atoms with Crippen molar-refractivity contribution in [3.63, 3.8) is 0 Å². The maximum absolute atomic E-state index is 11.6. The minimum absolute atomic E-state index is 0.0330. The summed E-state index contributed by atoms with van der Waals surface area (Å²) in [7, 11) is 0. The van der Waals surface area contributed by atoms with Gasteiger partial charge in [0.25, 0.3) is 5.69 Å². The number of benzene rings is 1. The van der Waals surface area contributed by atoms with Gasteiger partial charge in [-0.25, -0.2) is 0 Å². The molecule has 1 amide bonds. The predicted molar refractivity (Wildman–Crippen MR) is 59.1 cm³/mol. The van der Waals surface area contributed by atoms with Crippen molar-refractivity contribution in [1.82, 2.24) is 4.90 Å². The van der Waals surface area contributed by atoms with Crippen molar-refractivity contribution >= 4 is 11.6 Å². The van der Waals surface area contributed by atoms with E-state index in [-0.39, 0.29) is 24.9 Å². The lowest BCUT2D eigenvalue weighted by Gasteiger charge is -2.26. The summed E-state index contributed by atoms with van der Waals surface area (Å²) in [6.45, 7) is 0.840. The first kappa shape index (κ1) is 11.5. The second kappa shape index (κ2) is 4.92.